The molecule has 1 N–H and O–H groups in total. The van der Waals surface area contributed by atoms with E-state index in [2.05, 4.69) is 4.42 Å². The summed E-state index contributed by atoms with van der Waals surface area (Å²) in [7, 11) is -3.39. The molecule has 2 aromatic rings. The van der Waals surface area contributed by atoms with Gasteiger partial charge < -0.3 is 9.52 Å². The van der Waals surface area contributed by atoms with Gasteiger partial charge in [0, 0.05) is 11.6 Å². The maximum Gasteiger partial charge on any atom is 0.281 e. The average Bonchev–Trinajstić information content (AvgIpc) is 2.63. The largest absolute Gasteiger partial charge is 0.481 e. The Balaban J connectivity index is 2.28. The first-order chi connectivity index (χ1) is 7.97. The van der Waals surface area contributed by atoms with Crippen LogP contribution in [-0.4, -0.2) is 13.5 Å². The van der Waals surface area contributed by atoms with Crippen LogP contribution in [0.5, 0.6) is 5.95 Å². The normalized spacial score (nSPS) is 11.6. The molecule has 0 radical (unpaired) electrons. The van der Waals surface area contributed by atoms with Crippen LogP contribution in [0.4, 0.5) is 0 Å². The number of aromatic hydroxyl groups is 1. The van der Waals surface area contributed by atoms with Gasteiger partial charge in [0.1, 0.15) is 0 Å². The van der Waals surface area contributed by atoms with Crippen LogP contribution in [0.1, 0.15) is 11.1 Å². The van der Waals surface area contributed by atoms with Gasteiger partial charge in [-0.2, -0.15) is 0 Å². The van der Waals surface area contributed by atoms with Crippen molar-refractivity contribution in [2.24, 2.45) is 0 Å². The summed E-state index contributed by atoms with van der Waals surface area (Å²) in [5.41, 5.74) is 1.44. The summed E-state index contributed by atoms with van der Waals surface area (Å²) in [4.78, 5) is 0.267. The molecule has 0 spiro atoms. The van der Waals surface area contributed by atoms with Crippen molar-refractivity contribution >= 4 is 9.84 Å². The quantitative estimate of drug-likeness (QED) is 0.909. The Morgan fingerprint density at radius 1 is 1.24 bits per heavy atom. The number of hydrogen-bond acceptors (Lipinski definition) is 4. The summed E-state index contributed by atoms with van der Waals surface area (Å²) in [5, 5.41) is 9.00. The molecule has 1 aromatic heterocycles. The van der Waals surface area contributed by atoms with Crippen LogP contribution in [-0.2, 0) is 15.6 Å². The van der Waals surface area contributed by atoms with Crippen LogP contribution in [0.2, 0.25) is 0 Å². The van der Waals surface area contributed by atoms with Gasteiger partial charge in [-0.25, -0.2) is 8.42 Å². The lowest BCUT2D eigenvalue weighted by atomic mass is 10.2. The third-order valence-electron chi connectivity index (χ3n) is 2.38. The smallest absolute Gasteiger partial charge is 0.281 e. The van der Waals surface area contributed by atoms with Gasteiger partial charge in [-0.3, -0.25) is 0 Å². The number of benzene rings is 1. The topological polar surface area (TPSA) is 67.5 Å². The van der Waals surface area contributed by atoms with E-state index in [0.717, 1.165) is 5.56 Å². The Bertz CT molecular complexity index is 608. The van der Waals surface area contributed by atoms with Gasteiger partial charge in [0.25, 0.3) is 5.95 Å². The van der Waals surface area contributed by atoms with Gasteiger partial charge in [0.15, 0.2) is 9.84 Å². The summed E-state index contributed by atoms with van der Waals surface area (Å²) in [6, 6.07) is 7.94. The lowest BCUT2D eigenvalue weighted by molar-refractivity contribution is 0.332. The standard InChI is InChI=1S/C12H12O4S/c1-9-2-4-11(5-3-9)17(14,15)8-10-6-12(13)16-7-10/h2-7,13H,8H2,1H3. The van der Waals surface area contributed by atoms with Gasteiger partial charge >= 0.3 is 0 Å². The second-order valence-electron chi connectivity index (χ2n) is 3.87. The minimum absolute atomic E-state index is 0.180. The van der Waals surface area contributed by atoms with Crippen LogP contribution < -0.4 is 0 Å². The van der Waals surface area contributed by atoms with Crippen LogP contribution in [0.15, 0.2) is 45.9 Å². The molecule has 17 heavy (non-hydrogen) atoms. The first kappa shape index (κ1) is 11.7. The fraction of sp³-hybridized carbons (Fsp3) is 0.167. The molecule has 1 aromatic carbocycles. The highest BCUT2D eigenvalue weighted by atomic mass is 32.2. The van der Waals surface area contributed by atoms with Crippen molar-refractivity contribution in [3.05, 3.63) is 47.7 Å². The number of furan rings is 1. The van der Waals surface area contributed by atoms with Crippen molar-refractivity contribution in [1.29, 1.82) is 0 Å². The monoisotopic (exact) mass is 252 g/mol. The van der Waals surface area contributed by atoms with Crippen LogP contribution >= 0.6 is 0 Å². The molecule has 0 bridgehead atoms. The predicted molar refractivity (Wildman–Crippen MR) is 62.4 cm³/mol. The zero-order valence-electron chi connectivity index (χ0n) is 9.25. The summed E-state index contributed by atoms with van der Waals surface area (Å²) < 4.78 is 28.7. The molecule has 0 saturated heterocycles. The molecule has 1 heterocycles. The fourth-order valence-electron chi connectivity index (χ4n) is 1.49. The maximum atomic E-state index is 12.0. The molecule has 0 unspecified atom stereocenters. The van der Waals surface area contributed by atoms with E-state index >= 15 is 0 Å². The minimum Gasteiger partial charge on any atom is -0.481 e. The molecule has 5 heteroatoms. The summed E-state index contributed by atoms with van der Waals surface area (Å²) in [6.07, 6.45) is 1.24. The third-order valence-corrected chi connectivity index (χ3v) is 4.08. The Labute approximate surface area is 99.4 Å². The molecule has 0 amide bonds. The number of aryl methyl sites for hydroxylation is 1. The van der Waals surface area contributed by atoms with Gasteiger partial charge in [-0.1, -0.05) is 17.7 Å². The van der Waals surface area contributed by atoms with E-state index in [1.807, 2.05) is 6.92 Å². The Morgan fingerprint density at radius 3 is 2.41 bits per heavy atom. The fourth-order valence-corrected chi connectivity index (χ4v) is 2.79. The molecule has 0 aliphatic heterocycles. The maximum absolute atomic E-state index is 12.0. The highest BCUT2D eigenvalue weighted by Crippen LogP contribution is 2.20. The van der Waals surface area contributed by atoms with Crippen molar-refractivity contribution in [2.75, 3.05) is 0 Å². The number of hydrogen-bond donors (Lipinski definition) is 1. The zero-order chi connectivity index (χ0) is 12.5. The van der Waals surface area contributed by atoms with Crippen molar-refractivity contribution in [3.63, 3.8) is 0 Å². The zero-order valence-corrected chi connectivity index (χ0v) is 10.1. The van der Waals surface area contributed by atoms with E-state index in [4.69, 9.17) is 5.11 Å². The second-order valence-corrected chi connectivity index (χ2v) is 5.85. The number of sulfone groups is 1. The minimum atomic E-state index is -3.39. The average molecular weight is 252 g/mol. The van der Waals surface area contributed by atoms with Crippen molar-refractivity contribution in [1.82, 2.24) is 0 Å². The number of rotatable bonds is 3. The van der Waals surface area contributed by atoms with Crippen LogP contribution in [0.3, 0.4) is 0 Å². The molecule has 0 aliphatic rings. The SMILES string of the molecule is Cc1ccc(S(=O)(=O)Cc2coc(O)c2)cc1. The van der Waals surface area contributed by atoms with Gasteiger partial charge in [0.05, 0.1) is 16.9 Å². The molecular formula is C12H12O4S. The Kier molecular flexibility index (Phi) is 2.93. The summed E-state index contributed by atoms with van der Waals surface area (Å²) >= 11 is 0. The van der Waals surface area contributed by atoms with Crippen molar-refractivity contribution < 1.29 is 17.9 Å². The molecule has 0 aliphatic carbocycles. The van der Waals surface area contributed by atoms with Crippen LogP contribution in [0, 0.1) is 6.92 Å². The molecule has 2 rings (SSSR count). The Hall–Kier alpha value is -1.75. The van der Waals surface area contributed by atoms with Gasteiger partial charge in [0.2, 0.25) is 0 Å². The molecule has 90 valence electrons. The molecule has 0 saturated carbocycles. The first-order valence-electron chi connectivity index (χ1n) is 5.03. The van der Waals surface area contributed by atoms with Gasteiger partial charge in [-0.15, -0.1) is 0 Å². The van der Waals surface area contributed by atoms with E-state index in [0.29, 0.717) is 5.56 Å². The molecular weight excluding hydrogens is 240 g/mol. The molecule has 4 nitrogen and oxygen atoms in total. The van der Waals surface area contributed by atoms with E-state index < -0.39 is 9.84 Å². The third kappa shape index (κ3) is 2.68. The Morgan fingerprint density at radius 2 is 1.88 bits per heavy atom. The van der Waals surface area contributed by atoms with Crippen molar-refractivity contribution in [2.45, 2.75) is 17.6 Å². The highest BCUT2D eigenvalue weighted by molar-refractivity contribution is 7.90. The van der Waals surface area contributed by atoms with E-state index in [1.165, 1.54) is 12.3 Å². The lowest BCUT2D eigenvalue weighted by Crippen LogP contribution is -2.04. The highest BCUT2D eigenvalue weighted by Gasteiger charge is 2.16. The van der Waals surface area contributed by atoms with E-state index in [1.54, 1.807) is 24.3 Å². The summed E-state index contributed by atoms with van der Waals surface area (Å²) in [5.74, 6) is -0.459. The summed E-state index contributed by atoms with van der Waals surface area (Å²) in [6.45, 7) is 1.89. The molecule has 0 atom stereocenters. The lowest BCUT2D eigenvalue weighted by Gasteiger charge is -2.02. The van der Waals surface area contributed by atoms with Crippen molar-refractivity contribution in [3.8, 4) is 5.95 Å². The first-order valence-corrected chi connectivity index (χ1v) is 6.68. The second kappa shape index (κ2) is 4.25. The van der Waals surface area contributed by atoms with E-state index in [9.17, 15) is 8.42 Å². The predicted octanol–water partition coefficient (Wildman–Crippen LogP) is 2.27. The molecule has 0 fully saturated rings. The van der Waals surface area contributed by atoms with E-state index in [-0.39, 0.29) is 16.6 Å². The van der Waals surface area contributed by atoms with Crippen LogP contribution in [0.25, 0.3) is 0 Å². The van der Waals surface area contributed by atoms with Gasteiger partial charge in [-0.05, 0) is 19.1 Å².